The zero-order valence-corrected chi connectivity index (χ0v) is 8.11. The molecule has 0 amide bonds. The largest absolute Gasteiger partial charge is 0.469 e. The maximum Gasteiger partial charge on any atom is 0.166 e. The van der Waals surface area contributed by atoms with Gasteiger partial charge in [0.25, 0.3) is 0 Å². The zero-order valence-electron chi connectivity index (χ0n) is 7.29. The van der Waals surface area contributed by atoms with Crippen LogP contribution in [0.15, 0.2) is 16.7 Å². The van der Waals surface area contributed by atoms with Crippen LogP contribution >= 0.6 is 11.8 Å². The van der Waals surface area contributed by atoms with E-state index in [1.165, 1.54) is 6.26 Å². The van der Waals surface area contributed by atoms with Gasteiger partial charge in [-0.2, -0.15) is 11.8 Å². The molecular weight excluding hydrogens is 172 g/mol. The normalized spacial score (nSPS) is 10.2. The lowest BCUT2D eigenvalue weighted by Crippen LogP contribution is -1.97. The third kappa shape index (κ3) is 2.41. The number of hydrogen-bond acceptors (Lipinski definition) is 3. The first-order valence-corrected chi connectivity index (χ1v) is 5.20. The number of rotatable bonds is 4. The van der Waals surface area contributed by atoms with Crippen LogP contribution in [-0.2, 0) is 0 Å². The highest BCUT2D eigenvalue weighted by atomic mass is 32.2. The fourth-order valence-electron chi connectivity index (χ4n) is 0.929. The molecule has 0 aromatic carbocycles. The minimum atomic E-state index is 0.168. The second-order valence-corrected chi connectivity index (χ2v) is 3.60. The minimum Gasteiger partial charge on any atom is -0.469 e. The van der Waals surface area contributed by atoms with Crippen LogP contribution in [0.25, 0.3) is 0 Å². The molecule has 66 valence electrons. The number of ketones is 1. The monoisotopic (exact) mass is 184 g/mol. The van der Waals surface area contributed by atoms with Crippen molar-refractivity contribution in [3.8, 4) is 0 Å². The molecule has 12 heavy (non-hydrogen) atoms. The van der Waals surface area contributed by atoms with E-state index >= 15 is 0 Å². The van der Waals surface area contributed by atoms with Gasteiger partial charge < -0.3 is 4.42 Å². The summed E-state index contributed by atoms with van der Waals surface area (Å²) < 4.78 is 5.04. The third-order valence-corrected chi connectivity index (χ3v) is 2.20. The second kappa shape index (κ2) is 4.36. The lowest BCUT2D eigenvalue weighted by molar-refractivity contribution is 0.0989. The molecule has 1 rings (SSSR count). The predicted octanol–water partition coefficient (Wildman–Crippen LogP) is 2.52. The van der Waals surface area contributed by atoms with E-state index in [9.17, 15) is 4.79 Å². The van der Waals surface area contributed by atoms with Gasteiger partial charge in [0.15, 0.2) is 5.78 Å². The summed E-state index contributed by atoms with van der Waals surface area (Å²) in [4.78, 5) is 11.3. The number of thioether (sulfide) groups is 1. The summed E-state index contributed by atoms with van der Waals surface area (Å²) in [5.41, 5.74) is 0.696. The molecule has 0 fully saturated rings. The Hall–Kier alpha value is -0.700. The molecule has 2 nitrogen and oxygen atoms in total. The van der Waals surface area contributed by atoms with Crippen molar-refractivity contribution in [1.29, 1.82) is 0 Å². The van der Waals surface area contributed by atoms with Crippen molar-refractivity contribution in [1.82, 2.24) is 0 Å². The van der Waals surface area contributed by atoms with E-state index < -0.39 is 0 Å². The Kier molecular flexibility index (Phi) is 3.41. The van der Waals surface area contributed by atoms with E-state index in [1.807, 2.05) is 13.2 Å². The van der Waals surface area contributed by atoms with Gasteiger partial charge in [-0.1, -0.05) is 0 Å². The smallest absolute Gasteiger partial charge is 0.166 e. The number of hydrogen-bond donors (Lipinski definition) is 0. The number of aryl methyl sites for hydroxylation is 1. The summed E-state index contributed by atoms with van der Waals surface area (Å²) in [6.07, 6.45) is 4.12. The molecule has 1 heterocycles. The standard InChI is InChI=1S/C9H12O2S/c1-7-5-8(6-11-7)9(10)3-4-12-2/h5-6H,3-4H2,1-2H3. The van der Waals surface area contributed by atoms with Gasteiger partial charge in [0.1, 0.15) is 12.0 Å². The van der Waals surface area contributed by atoms with Crippen molar-refractivity contribution < 1.29 is 9.21 Å². The van der Waals surface area contributed by atoms with Gasteiger partial charge in [-0.25, -0.2) is 0 Å². The average molecular weight is 184 g/mol. The van der Waals surface area contributed by atoms with Crippen LogP contribution in [0.5, 0.6) is 0 Å². The van der Waals surface area contributed by atoms with E-state index in [-0.39, 0.29) is 5.78 Å². The number of Topliss-reactive ketones (excluding diaryl/α,β-unsaturated/α-hetero) is 1. The van der Waals surface area contributed by atoms with Gasteiger partial charge >= 0.3 is 0 Å². The molecule has 0 N–H and O–H groups in total. The Labute approximate surface area is 76.3 Å². The van der Waals surface area contributed by atoms with E-state index in [0.29, 0.717) is 12.0 Å². The molecular formula is C9H12O2S. The Morgan fingerprint density at radius 1 is 1.67 bits per heavy atom. The van der Waals surface area contributed by atoms with Crippen molar-refractivity contribution in [2.24, 2.45) is 0 Å². The molecule has 0 saturated heterocycles. The lowest BCUT2D eigenvalue weighted by Gasteiger charge is -1.93. The number of furan rings is 1. The highest BCUT2D eigenvalue weighted by Crippen LogP contribution is 2.10. The summed E-state index contributed by atoms with van der Waals surface area (Å²) in [5.74, 6) is 1.84. The molecule has 0 bridgehead atoms. The van der Waals surface area contributed by atoms with Crippen LogP contribution in [-0.4, -0.2) is 17.8 Å². The van der Waals surface area contributed by atoms with Gasteiger partial charge in [-0.15, -0.1) is 0 Å². The highest BCUT2D eigenvalue weighted by Gasteiger charge is 2.07. The SMILES string of the molecule is CSCCC(=O)c1coc(C)c1. The summed E-state index contributed by atoms with van der Waals surface area (Å²) in [6, 6.07) is 1.78. The first kappa shape index (κ1) is 9.39. The number of carbonyl (C=O) groups excluding carboxylic acids is 1. The Morgan fingerprint density at radius 3 is 2.92 bits per heavy atom. The van der Waals surface area contributed by atoms with Crippen LogP contribution in [0.2, 0.25) is 0 Å². The Morgan fingerprint density at radius 2 is 2.42 bits per heavy atom. The molecule has 0 spiro atoms. The molecule has 0 aliphatic rings. The summed E-state index contributed by atoms with van der Waals surface area (Å²) in [6.45, 7) is 1.84. The quantitative estimate of drug-likeness (QED) is 0.673. The van der Waals surface area contributed by atoms with Gasteiger partial charge in [0.05, 0.1) is 5.56 Å². The Bertz CT molecular complexity index is 265. The third-order valence-electron chi connectivity index (χ3n) is 1.59. The Balaban J connectivity index is 2.53. The summed E-state index contributed by atoms with van der Waals surface area (Å²) >= 11 is 1.68. The van der Waals surface area contributed by atoms with Gasteiger partial charge in [0, 0.05) is 12.2 Å². The van der Waals surface area contributed by atoms with E-state index in [0.717, 1.165) is 11.5 Å². The van der Waals surface area contributed by atoms with Gasteiger partial charge in [-0.3, -0.25) is 4.79 Å². The maximum absolute atomic E-state index is 11.3. The first-order valence-electron chi connectivity index (χ1n) is 3.81. The van der Waals surface area contributed by atoms with E-state index in [1.54, 1.807) is 17.8 Å². The molecule has 0 unspecified atom stereocenters. The van der Waals surface area contributed by atoms with Crippen molar-refractivity contribution in [3.63, 3.8) is 0 Å². The van der Waals surface area contributed by atoms with Crippen molar-refractivity contribution >= 4 is 17.5 Å². The van der Waals surface area contributed by atoms with Crippen molar-refractivity contribution in [2.45, 2.75) is 13.3 Å². The molecule has 1 aromatic rings. The van der Waals surface area contributed by atoms with E-state index in [4.69, 9.17) is 4.42 Å². The second-order valence-electron chi connectivity index (χ2n) is 2.61. The maximum atomic E-state index is 11.3. The minimum absolute atomic E-state index is 0.168. The van der Waals surface area contributed by atoms with Crippen LogP contribution in [0.4, 0.5) is 0 Å². The first-order chi connectivity index (χ1) is 5.74. The van der Waals surface area contributed by atoms with Crippen LogP contribution < -0.4 is 0 Å². The average Bonchev–Trinajstić information content (AvgIpc) is 2.47. The van der Waals surface area contributed by atoms with Crippen molar-refractivity contribution in [3.05, 3.63) is 23.7 Å². The molecule has 1 aromatic heterocycles. The van der Waals surface area contributed by atoms with Crippen LogP contribution in [0.3, 0.4) is 0 Å². The van der Waals surface area contributed by atoms with Crippen molar-refractivity contribution in [2.75, 3.05) is 12.0 Å². The van der Waals surface area contributed by atoms with Gasteiger partial charge in [-0.05, 0) is 19.2 Å². The fraction of sp³-hybridized carbons (Fsp3) is 0.444. The summed E-state index contributed by atoms with van der Waals surface area (Å²) in [7, 11) is 0. The molecule has 0 atom stereocenters. The molecule has 0 radical (unpaired) electrons. The zero-order chi connectivity index (χ0) is 8.97. The molecule has 0 saturated carbocycles. The topological polar surface area (TPSA) is 30.2 Å². The summed E-state index contributed by atoms with van der Waals surface area (Å²) in [5, 5.41) is 0. The predicted molar refractivity (Wildman–Crippen MR) is 50.8 cm³/mol. The molecule has 3 heteroatoms. The van der Waals surface area contributed by atoms with E-state index in [2.05, 4.69) is 0 Å². The van der Waals surface area contributed by atoms with Crippen LogP contribution in [0.1, 0.15) is 22.5 Å². The number of carbonyl (C=O) groups is 1. The van der Waals surface area contributed by atoms with Gasteiger partial charge in [0.2, 0.25) is 0 Å². The highest BCUT2D eigenvalue weighted by molar-refractivity contribution is 7.98. The fourth-order valence-corrected chi connectivity index (χ4v) is 1.32. The van der Waals surface area contributed by atoms with Crippen LogP contribution in [0, 0.1) is 6.92 Å². The molecule has 0 aliphatic carbocycles. The lowest BCUT2D eigenvalue weighted by atomic mass is 10.2. The molecule has 0 aliphatic heterocycles.